The molecule has 0 amide bonds. The third-order valence-corrected chi connectivity index (χ3v) is 4.38. The third-order valence-electron chi connectivity index (χ3n) is 2.69. The van der Waals surface area contributed by atoms with Crippen molar-refractivity contribution in [2.24, 2.45) is 0 Å². The molecule has 0 saturated heterocycles. The molecule has 0 aliphatic carbocycles. The molecule has 1 rings (SSSR count). The first-order chi connectivity index (χ1) is 7.80. The van der Waals surface area contributed by atoms with Crippen LogP contribution in [0.4, 0.5) is 0 Å². The summed E-state index contributed by atoms with van der Waals surface area (Å²) in [4.78, 5) is 0.186. The second-order valence-corrected chi connectivity index (χ2v) is 6.33. The minimum Gasteiger partial charge on any atom is -0.392 e. The summed E-state index contributed by atoms with van der Waals surface area (Å²) < 4.78 is 26.8. The molecule has 0 aliphatic heterocycles. The van der Waals surface area contributed by atoms with Crippen molar-refractivity contribution in [1.82, 2.24) is 4.72 Å². The molecule has 0 radical (unpaired) electrons. The lowest BCUT2D eigenvalue weighted by atomic mass is 10.0. The van der Waals surface area contributed by atoms with Gasteiger partial charge in [-0.05, 0) is 38.0 Å². The summed E-state index contributed by atoms with van der Waals surface area (Å²) >= 11 is 0. The fraction of sp³-hybridized carbons (Fsp3) is 0.500. The topological polar surface area (TPSA) is 66.4 Å². The molecule has 0 bridgehead atoms. The highest BCUT2D eigenvalue weighted by molar-refractivity contribution is 7.89. The zero-order valence-electron chi connectivity index (χ0n) is 10.4. The molecular weight excluding hydrogens is 238 g/mol. The lowest BCUT2D eigenvalue weighted by molar-refractivity contribution is 0.281. The van der Waals surface area contributed by atoms with Crippen LogP contribution in [0.15, 0.2) is 29.2 Å². The van der Waals surface area contributed by atoms with Crippen molar-refractivity contribution in [3.63, 3.8) is 0 Å². The number of hydrogen-bond donors (Lipinski definition) is 2. The summed E-state index contributed by atoms with van der Waals surface area (Å²) in [6.07, 6.45) is 0.700. The summed E-state index contributed by atoms with van der Waals surface area (Å²) in [5.41, 5.74) is 0.107. The Labute approximate surface area is 103 Å². The van der Waals surface area contributed by atoms with Crippen LogP contribution in [0.25, 0.3) is 0 Å². The standard InChI is InChI=1S/C12H19NO3S/c1-4-12(2,3)13-17(15,16)11-7-5-6-10(8-11)9-14/h5-8,13-14H,4,9H2,1-3H3. The maximum atomic E-state index is 12.1. The molecular formula is C12H19NO3S. The van der Waals surface area contributed by atoms with Crippen molar-refractivity contribution in [3.05, 3.63) is 29.8 Å². The minimum atomic E-state index is -3.52. The van der Waals surface area contributed by atoms with Gasteiger partial charge in [-0.15, -0.1) is 0 Å². The molecule has 0 saturated carbocycles. The van der Waals surface area contributed by atoms with E-state index < -0.39 is 15.6 Å². The van der Waals surface area contributed by atoms with Crippen molar-refractivity contribution in [2.75, 3.05) is 0 Å². The Morgan fingerprint density at radius 2 is 2.00 bits per heavy atom. The molecule has 0 heterocycles. The van der Waals surface area contributed by atoms with E-state index in [0.717, 1.165) is 0 Å². The molecule has 0 aromatic heterocycles. The summed E-state index contributed by atoms with van der Waals surface area (Å²) in [6, 6.07) is 6.31. The van der Waals surface area contributed by atoms with Gasteiger partial charge in [0.2, 0.25) is 10.0 Å². The largest absolute Gasteiger partial charge is 0.392 e. The average Bonchev–Trinajstić information content (AvgIpc) is 2.28. The average molecular weight is 257 g/mol. The quantitative estimate of drug-likeness (QED) is 0.843. The summed E-state index contributed by atoms with van der Waals surface area (Å²) in [7, 11) is -3.52. The van der Waals surface area contributed by atoms with Crippen LogP contribution >= 0.6 is 0 Å². The highest BCUT2D eigenvalue weighted by atomic mass is 32.2. The monoisotopic (exact) mass is 257 g/mol. The Balaban J connectivity index is 3.05. The van der Waals surface area contributed by atoms with E-state index in [1.165, 1.54) is 12.1 Å². The highest BCUT2D eigenvalue weighted by Crippen LogP contribution is 2.16. The van der Waals surface area contributed by atoms with E-state index in [1.54, 1.807) is 12.1 Å². The predicted octanol–water partition coefficient (Wildman–Crippen LogP) is 1.65. The van der Waals surface area contributed by atoms with Gasteiger partial charge >= 0.3 is 0 Å². The van der Waals surface area contributed by atoms with E-state index >= 15 is 0 Å². The number of nitrogens with one attached hydrogen (secondary N) is 1. The first-order valence-corrected chi connectivity index (χ1v) is 7.03. The van der Waals surface area contributed by atoms with Gasteiger partial charge in [0, 0.05) is 5.54 Å². The van der Waals surface area contributed by atoms with E-state index in [4.69, 9.17) is 5.11 Å². The summed E-state index contributed by atoms with van der Waals surface area (Å²) in [5.74, 6) is 0. The first-order valence-electron chi connectivity index (χ1n) is 5.54. The minimum absolute atomic E-state index is 0.166. The molecule has 17 heavy (non-hydrogen) atoms. The number of benzene rings is 1. The Morgan fingerprint density at radius 3 is 2.53 bits per heavy atom. The molecule has 2 N–H and O–H groups in total. The number of hydrogen-bond acceptors (Lipinski definition) is 3. The van der Waals surface area contributed by atoms with Gasteiger partial charge in [0.05, 0.1) is 11.5 Å². The molecule has 0 unspecified atom stereocenters. The lowest BCUT2D eigenvalue weighted by Gasteiger charge is -2.24. The number of aliphatic hydroxyl groups excluding tert-OH is 1. The fourth-order valence-electron chi connectivity index (χ4n) is 1.31. The maximum Gasteiger partial charge on any atom is 0.241 e. The highest BCUT2D eigenvalue weighted by Gasteiger charge is 2.24. The normalized spacial score (nSPS) is 12.7. The molecule has 0 spiro atoms. The molecule has 1 aromatic carbocycles. The van der Waals surface area contributed by atoms with Crippen LogP contribution in [0.3, 0.4) is 0 Å². The van der Waals surface area contributed by atoms with Crippen LogP contribution in [-0.4, -0.2) is 19.1 Å². The molecule has 4 nitrogen and oxygen atoms in total. The number of sulfonamides is 1. The van der Waals surface area contributed by atoms with E-state index in [9.17, 15) is 8.42 Å². The van der Waals surface area contributed by atoms with Crippen LogP contribution in [0.5, 0.6) is 0 Å². The van der Waals surface area contributed by atoms with Gasteiger partial charge in [0.25, 0.3) is 0 Å². The van der Waals surface area contributed by atoms with Crippen molar-refractivity contribution in [1.29, 1.82) is 0 Å². The van der Waals surface area contributed by atoms with Gasteiger partial charge in [0.1, 0.15) is 0 Å². The first kappa shape index (κ1) is 14.2. The molecule has 5 heteroatoms. The van der Waals surface area contributed by atoms with Crippen LogP contribution < -0.4 is 4.72 Å². The van der Waals surface area contributed by atoms with Gasteiger partial charge in [-0.25, -0.2) is 13.1 Å². The van der Waals surface area contributed by atoms with Crippen LogP contribution in [0.1, 0.15) is 32.8 Å². The van der Waals surface area contributed by atoms with Gasteiger partial charge in [0.15, 0.2) is 0 Å². The third kappa shape index (κ3) is 3.80. The van der Waals surface area contributed by atoms with E-state index in [1.807, 2.05) is 20.8 Å². The zero-order valence-corrected chi connectivity index (χ0v) is 11.2. The smallest absolute Gasteiger partial charge is 0.241 e. The number of aliphatic hydroxyl groups is 1. The second-order valence-electron chi connectivity index (χ2n) is 4.65. The van der Waals surface area contributed by atoms with Crippen molar-refractivity contribution in [2.45, 2.75) is 44.2 Å². The van der Waals surface area contributed by atoms with Gasteiger partial charge in [-0.2, -0.15) is 0 Å². The fourth-order valence-corrected chi connectivity index (χ4v) is 2.86. The van der Waals surface area contributed by atoms with E-state index in [0.29, 0.717) is 12.0 Å². The van der Waals surface area contributed by atoms with Crippen molar-refractivity contribution < 1.29 is 13.5 Å². The zero-order chi connectivity index (χ0) is 13.1. The Morgan fingerprint density at radius 1 is 1.35 bits per heavy atom. The molecule has 0 fully saturated rings. The van der Waals surface area contributed by atoms with Crippen molar-refractivity contribution in [3.8, 4) is 0 Å². The Hall–Kier alpha value is -0.910. The van der Waals surface area contributed by atoms with E-state index in [-0.39, 0.29) is 11.5 Å². The molecule has 0 atom stereocenters. The summed E-state index contributed by atoms with van der Waals surface area (Å²) in [5, 5.41) is 8.99. The van der Waals surface area contributed by atoms with Gasteiger partial charge in [-0.3, -0.25) is 0 Å². The van der Waals surface area contributed by atoms with Gasteiger partial charge < -0.3 is 5.11 Å². The molecule has 0 aliphatic rings. The second kappa shape index (κ2) is 5.16. The summed E-state index contributed by atoms with van der Waals surface area (Å²) in [6.45, 7) is 5.42. The SMILES string of the molecule is CCC(C)(C)NS(=O)(=O)c1cccc(CO)c1. The Kier molecular flexibility index (Phi) is 4.30. The number of rotatable bonds is 5. The molecule has 96 valence electrons. The predicted molar refractivity (Wildman–Crippen MR) is 67.1 cm³/mol. The van der Waals surface area contributed by atoms with Crippen LogP contribution in [0.2, 0.25) is 0 Å². The van der Waals surface area contributed by atoms with Crippen LogP contribution in [-0.2, 0) is 16.6 Å². The van der Waals surface area contributed by atoms with Crippen LogP contribution in [0, 0.1) is 0 Å². The van der Waals surface area contributed by atoms with E-state index in [2.05, 4.69) is 4.72 Å². The van der Waals surface area contributed by atoms with Crippen molar-refractivity contribution >= 4 is 10.0 Å². The Bertz CT molecular complexity index is 480. The lowest BCUT2D eigenvalue weighted by Crippen LogP contribution is -2.42. The van der Waals surface area contributed by atoms with Gasteiger partial charge in [-0.1, -0.05) is 19.1 Å². The maximum absolute atomic E-state index is 12.1. The molecule has 1 aromatic rings.